The smallest absolute Gasteiger partial charge is 0.268 e. The maximum absolute atomic E-state index is 11.9. The van der Waals surface area contributed by atoms with Gasteiger partial charge in [-0.3, -0.25) is 15.0 Å². The van der Waals surface area contributed by atoms with Gasteiger partial charge in [0.15, 0.2) is 0 Å². The molecule has 2 rings (SSSR count). The van der Waals surface area contributed by atoms with Crippen LogP contribution in [0, 0.1) is 11.3 Å². The molecule has 4 nitrogen and oxygen atoms in total. The second kappa shape index (κ2) is 4.36. The molecule has 1 aliphatic carbocycles. The van der Waals surface area contributed by atoms with Crippen LogP contribution >= 0.6 is 0 Å². The van der Waals surface area contributed by atoms with Crippen LogP contribution in [-0.4, -0.2) is 34.9 Å². The molecule has 1 heterocycles. The number of Topliss-reactive ketones (excluding diaryl/α,β-unsaturated/α-hetero) is 1. The van der Waals surface area contributed by atoms with Crippen molar-refractivity contribution >= 4 is 17.4 Å². The Kier molecular flexibility index (Phi) is 3.08. The monoisotopic (exact) mass is 222 g/mol. The highest BCUT2D eigenvalue weighted by Gasteiger charge is 2.41. The predicted octanol–water partition coefficient (Wildman–Crippen LogP) is 1.39. The normalized spacial score (nSPS) is 27.6. The Morgan fingerprint density at radius 2 is 1.94 bits per heavy atom. The molecule has 1 amide bonds. The van der Waals surface area contributed by atoms with E-state index in [4.69, 9.17) is 5.41 Å². The first-order valence-electron chi connectivity index (χ1n) is 6.01. The van der Waals surface area contributed by atoms with Gasteiger partial charge in [-0.05, 0) is 19.8 Å². The van der Waals surface area contributed by atoms with E-state index < -0.39 is 5.92 Å². The van der Waals surface area contributed by atoms with Crippen molar-refractivity contribution in [1.29, 1.82) is 5.41 Å². The molecule has 1 atom stereocenters. The number of likely N-dealkylation sites (tertiary alicyclic amines) is 1. The highest BCUT2D eigenvalue weighted by molar-refractivity contribution is 6.43. The molecule has 0 spiro atoms. The van der Waals surface area contributed by atoms with E-state index in [0.717, 1.165) is 25.7 Å². The van der Waals surface area contributed by atoms with E-state index in [2.05, 4.69) is 0 Å². The summed E-state index contributed by atoms with van der Waals surface area (Å²) >= 11 is 0. The summed E-state index contributed by atoms with van der Waals surface area (Å²) in [6.45, 7) is 1.91. The Labute approximate surface area is 95.5 Å². The van der Waals surface area contributed by atoms with Crippen LogP contribution in [0.1, 0.15) is 39.0 Å². The van der Waals surface area contributed by atoms with E-state index >= 15 is 0 Å². The summed E-state index contributed by atoms with van der Waals surface area (Å²) in [7, 11) is 0. The van der Waals surface area contributed by atoms with Crippen LogP contribution in [0.25, 0.3) is 0 Å². The van der Waals surface area contributed by atoms with Crippen molar-refractivity contribution in [2.45, 2.75) is 45.1 Å². The van der Waals surface area contributed by atoms with Crippen molar-refractivity contribution < 1.29 is 9.59 Å². The molecule has 0 radical (unpaired) electrons. The first-order chi connectivity index (χ1) is 7.61. The molecule has 2 fully saturated rings. The first-order valence-corrected chi connectivity index (χ1v) is 6.01. The summed E-state index contributed by atoms with van der Waals surface area (Å²) in [6, 6.07) is 0.269. The van der Waals surface area contributed by atoms with Crippen LogP contribution in [0.15, 0.2) is 0 Å². The zero-order valence-corrected chi connectivity index (χ0v) is 9.66. The third kappa shape index (κ3) is 1.88. The third-order valence-electron chi connectivity index (χ3n) is 3.73. The molecular formula is C12H18N2O2. The Morgan fingerprint density at radius 1 is 1.31 bits per heavy atom. The number of amides is 1. The van der Waals surface area contributed by atoms with Gasteiger partial charge in [0, 0.05) is 12.6 Å². The van der Waals surface area contributed by atoms with Gasteiger partial charge in [0.2, 0.25) is 0 Å². The fraction of sp³-hybridized carbons (Fsp3) is 0.750. The van der Waals surface area contributed by atoms with Crippen LogP contribution in [0.3, 0.4) is 0 Å². The number of ketones is 1. The fourth-order valence-corrected chi connectivity index (χ4v) is 2.71. The molecule has 2 aliphatic rings. The van der Waals surface area contributed by atoms with E-state index in [1.54, 1.807) is 4.90 Å². The summed E-state index contributed by atoms with van der Waals surface area (Å²) in [4.78, 5) is 24.9. The van der Waals surface area contributed by atoms with Gasteiger partial charge in [-0.2, -0.15) is 0 Å². The van der Waals surface area contributed by atoms with Crippen LogP contribution in [0.5, 0.6) is 0 Å². The molecule has 1 saturated carbocycles. The van der Waals surface area contributed by atoms with Crippen LogP contribution in [-0.2, 0) is 9.59 Å². The van der Waals surface area contributed by atoms with Gasteiger partial charge in [-0.1, -0.05) is 19.3 Å². The maximum atomic E-state index is 11.9. The zero-order valence-electron chi connectivity index (χ0n) is 9.66. The Hall–Kier alpha value is -1.19. The summed E-state index contributed by atoms with van der Waals surface area (Å²) in [6.07, 6.45) is 5.62. The predicted molar refractivity (Wildman–Crippen MR) is 60.5 cm³/mol. The number of hydrogen-bond donors (Lipinski definition) is 1. The van der Waals surface area contributed by atoms with Gasteiger partial charge in [-0.15, -0.1) is 0 Å². The molecule has 1 aliphatic heterocycles. The van der Waals surface area contributed by atoms with Crippen LogP contribution in [0.4, 0.5) is 0 Å². The molecule has 0 unspecified atom stereocenters. The topological polar surface area (TPSA) is 61.2 Å². The molecule has 0 bridgehead atoms. The molecule has 16 heavy (non-hydrogen) atoms. The summed E-state index contributed by atoms with van der Waals surface area (Å²) in [5.41, 5.74) is -0.00178. The number of nitrogens with one attached hydrogen (secondary N) is 1. The highest BCUT2D eigenvalue weighted by Crippen LogP contribution is 2.27. The lowest BCUT2D eigenvalue weighted by molar-refractivity contribution is -0.125. The molecule has 0 aromatic carbocycles. The van der Waals surface area contributed by atoms with Crippen LogP contribution in [0.2, 0.25) is 0 Å². The number of carbonyl (C=O) groups excluding carboxylic acids is 2. The average Bonchev–Trinajstić information content (AvgIpc) is 2.58. The van der Waals surface area contributed by atoms with Crippen molar-refractivity contribution in [3.8, 4) is 0 Å². The average molecular weight is 222 g/mol. The molecule has 0 aromatic rings. The third-order valence-corrected chi connectivity index (χ3v) is 3.73. The zero-order chi connectivity index (χ0) is 11.7. The van der Waals surface area contributed by atoms with E-state index in [-0.39, 0.29) is 23.4 Å². The summed E-state index contributed by atoms with van der Waals surface area (Å²) < 4.78 is 0. The number of nitrogens with zero attached hydrogens (tertiary/aromatic N) is 1. The maximum Gasteiger partial charge on any atom is 0.268 e. The van der Waals surface area contributed by atoms with E-state index in [9.17, 15) is 9.59 Å². The second-order valence-electron chi connectivity index (χ2n) is 4.83. The van der Waals surface area contributed by atoms with Crippen molar-refractivity contribution in [2.24, 2.45) is 5.92 Å². The van der Waals surface area contributed by atoms with Crippen molar-refractivity contribution in [3.05, 3.63) is 0 Å². The van der Waals surface area contributed by atoms with E-state index in [1.165, 1.54) is 13.3 Å². The van der Waals surface area contributed by atoms with Gasteiger partial charge in [-0.25, -0.2) is 0 Å². The lowest BCUT2D eigenvalue weighted by Gasteiger charge is -2.30. The number of carbonyl (C=O) groups is 2. The summed E-state index contributed by atoms with van der Waals surface area (Å²) in [5.74, 6) is -0.752. The van der Waals surface area contributed by atoms with Crippen molar-refractivity contribution in [1.82, 2.24) is 4.90 Å². The number of rotatable bonds is 2. The molecular weight excluding hydrogens is 204 g/mol. The molecule has 4 heteroatoms. The van der Waals surface area contributed by atoms with Gasteiger partial charge in [0.25, 0.3) is 5.91 Å². The molecule has 1 N–H and O–H groups in total. The van der Waals surface area contributed by atoms with E-state index in [1.807, 2.05) is 0 Å². The largest absolute Gasteiger partial charge is 0.333 e. The fourth-order valence-electron chi connectivity index (χ4n) is 2.71. The Bertz CT molecular complexity index is 332. The Morgan fingerprint density at radius 3 is 2.44 bits per heavy atom. The lowest BCUT2D eigenvalue weighted by atomic mass is 9.94. The molecule has 0 aromatic heterocycles. The van der Waals surface area contributed by atoms with Gasteiger partial charge in [0.1, 0.15) is 11.5 Å². The van der Waals surface area contributed by atoms with Crippen molar-refractivity contribution in [2.75, 3.05) is 6.54 Å². The Balaban J connectivity index is 2.09. The lowest BCUT2D eigenvalue weighted by Crippen LogP contribution is -2.38. The summed E-state index contributed by atoms with van der Waals surface area (Å²) in [5, 5.41) is 7.68. The minimum atomic E-state index is -0.477. The van der Waals surface area contributed by atoms with Gasteiger partial charge in [0.05, 0.1) is 5.92 Å². The minimum absolute atomic E-state index is 0.00178. The molecule has 1 saturated heterocycles. The van der Waals surface area contributed by atoms with Crippen molar-refractivity contribution in [3.63, 3.8) is 0 Å². The quantitative estimate of drug-likeness (QED) is 0.767. The highest BCUT2D eigenvalue weighted by atomic mass is 16.2. The second-order valence-corrected chi connectivity index (χ2v) is 4.83. The SMILES string of the molecule is CC(=O)[C@H]1CN(C2CCCCC2)C(=O)C1=N. The van der Waals surface area contributed by atoms with Gasteiger partial charge >= 0.3 is 0 Å². The van der Waals surface area contributed by atoms with Crippen LogP contribution < -0.4 is 0 Å². The first kappa shape index (κ1) is 11.3. The number of hydrogen-bond acceptors (Lipinski definition) is 3. The van der Waals surface area contributed by atoms with E-state index in [0.29, 0.717) is 6.54 Å². The molecule has 88 valence electrons. The van der Waals surface area contributed by atoms with Gasteiger partial charge < -0.3 is 4.90 Å². The standard InChI is InChI=1S/C12H18N2O2/c1-8(15)10-7-14(12(16)11(10)13)9-5-3-2-4-6-9/h9-10,13H,2-7H2,1H3/t10-/m1/s1. The minimum Gasteiger partial charge on any atom is -0.333 e.